The summed E-state index contributed by atoms with van der Waals surface area (Å²) in [5.41, 5.74) is 1.92. The smallest absolute Gasteiger partial charge is 0.314 e. The van der Waals surface area contributed by atoms with Gasteiger partial charge in [-0.3, -0.25) is 9.67 Å². The van der Waals surface area contributed by atoms with Crippen LogP contribution in [0.15, 0.2) is 78.9 Å². The molecule has 0 aliphatic heterocycles. The number of rotatable bonds is 4. The zero-order valence-electron chi connectivity index (χ0n) is 18.7. The summed E-state index contributed by atoms with van der Waals surface area (Å²) in [7, 11) is 0. The first-order valence-electron chi connectivity index (χ1n) is 10.6. The topological polar surface area (TPSA) is 43.6 Å². The molecule has 5 rings (SSSR count). The summed E-state index contributed by atoms with van der Waals surface area (Å²) in [6, 6.07) is 28.8. The van der Waals surface area contributed by atoms with Gasteiger partial charge in [0, 0.05) is 11.1 Å². The molecular weight excluding hydrogens is 632 g/mol. The number of alkyl halides is 3. The van der Waals surface area contributed by atoms with E-state index in [1.807, 2.05) is 73.1 Å². The third-order valence-corrected chi connectivity index (χ3v) is 5.72. The Hall–Kier alpha value is -3.31. The maximum atomic E-state index is 13.2. The van der Waals surface area contributed by atoms with Crippen molar-refractivity contribution < 1.29 is 34.2 Å². The second-order valence-corrected chi connectivity index (χ2v) is 8.38. The molecule has 0 amide bonds. The maximum absolute atomic E-state index is 13.2. The zero-order valence-corrected chi connectivity index (χ0v) is 21.0. The van der Waals surface area contributed by atoms with Crippen molar-refractivity contribution in [3.8, 4) is 17.1 Å². The molecule has 0 aliphatic rings. The van der Waals surface area contributed by atoms with Gasteiger partial charge in [-0.2, -0.15) is 54.7 Å². The molecule has 0 atom stereocenters. The molecule has 4 nitrogen and oxygen atoms in total. The average molecular weight is 652 g/mol. The van der Waals surface area contributed by atoms with Crippen LogP contribution in [0.3, 0.4) is 0 Å². The molecule has 0 bridgehead atoms. The molecule has 8 heteroatoms. The average Bonchev–Trinajstić information content (AvgIpc) is 3.25. The van der Waals surface area contributed by atoms with E-state index in [4.69, 9.17) is 5.10 Å². The maximum Gasteiger partial charge on any atom is 2.00 e. The molecule has 3 heterocycles. The Morgan fingerprint density at radius 2 is 1.54 bits per heavy atom. The Bertz CT molecular complexity index is 1480. The summed E-state index contributed by atoms with van der Waals surface area (Å²) in [6.45, 7) is 3.99. The molecule has 0 fully saturated rings. The largest absolute Gasteiger partial charge is 2.00 e. The van der Waals surface area contributed by atoms with E-state index >= 15 is 0 Å². The van der Waals surface area contributed by atoms with Crippen LogP contribution < -0.4 is 0 Å². The molecule has 0 radical (unpaired) electrons. The Kier molecular flexibility index (Phi) is 6.65. The molecule has 0 saturated heterocycles. The van der Waals surface area contributed by atoms with E-state index in [0.29, 0.717) is 11.4 Å². The van der Waals surface area contributed by atoms with Crippen molar-refractivity contribution in [2.45, 2.75) is 25.4 Å². The predicted molar refractivity (Wildman–Crippen MR) is 123 cm³/mol. The Morgan fingerprint density at radius 1 is 0.771 bits per heavy atom. The van der Waals surface area contributed by atoms with Gasteiger partial charge in [0.05, 0.1) is 22.3 Å². The minimum absolute atomic E-state index is 0. The Labute approximate surface area is 215 Å². The molecule has 5 aromatic rings. The first-order valence-corrected chi connectivity index (χ1v) is 10.6. The summed E-state index contributed by atoms with van der Waals surface area (Å²) in [4.78, 5) is 8.42. The molecule has 0 unspecified atom stereocenters. The summed E-state index contributed by atoms with van der Waals surface area (Å²) >= 11 is 0. The molecule has 0 saturated carbocycles. The Morgan fingerprint density at radius 3 is 2.29 bits per heavy atom. The van der Waals surface area contributed by atoms with E-state index in [-0.39, 0.29) is 26.8 Å². The van der Waals surface area contributed by atoms with Crippen molar-refractivity contribution in [3.63, 3.8) is 0 Å². The quantitative estimate of drug-likeness (QED) is 0.211. The second kappa shape index (κ2) is 9.38. The fourth-order valence-electron chi connectivity index (χ4n) is 3.94. The molecule has 0 N–H and O–H groups in total. The van der Waals surface area contributed by atoms with Gasteiger partial charge in [-0.25, -0.2) is 0 Å². The monoisotopic (exact) mass is 651 g/mol. The van der Waals surface area contributed by atoms with E-state index in [0.717, 1.165) is 28.4 Å². The molecule has 2 aromatic carbocycles. The van der Waals surface area contributed by atoms with Gasteiger partial charge in [-0.15, -0.1) is 12.1 Å². The van der Waals surface area contributed by atoms with Gasteiger partial charge in [-0.05, 0) is 43.1 Å². The molecule has 178 valence electrons. The summed E-state index contributed by atoms with van der Waals surface area (Å²) < 4.78 is 41.3. The summed E-state index contributed by atoms with van der Waals surface area (Å²) in [6.07, 6.45) is -4.54. The number of nitrogens with zero attached hydrogens (tertiary/aromatic N) is 4. The standard InChI is InChI=1S/C27H19F3N4.Pt/c1-26(2,23-16-8-13-20(31-23)21-14-9-17-24(32-21)27(28,29)30)25-19-12-6-7-15-22(19)34(33-25)18-10-4-3-5-11-18;/h3-10,12-13,15-17H,1-2H3;/q-2;+2. The van der Waals surface area contributed by atoms with Crippen LogP contribution in [0, 0.1) is 12.1 Å². The number of hydrogen-bond acceptors (Lipinski definition) is 3. The SMILES string of the molecule is CC(C)(c1cccc(-c2[c-]ccc(C(F)(F)F)n2)n1)c1nn(-c2[c-]cccc2)c2ccccc12.[Pt+2]. The van der Waals surface area contributed by atoms with E-state index in [1.165, 1.54) is 6.07 Å². The fourth-order valence-corrected chi connectivity index (χ4v) is 3.94. The van der Waals surface area contributed by atoms with Crippen molar-refractivity contribution in [2.75, 3.05) is 0 Å². The minimum atomic E-state index is -4.54. The number of pyridine rings is 2. The third kappa shape index (κ3) is 4.65. The number of fused-ring (bicyclic) bond motifs is 1. The number of halogens is 3. The second-order valence-electron chi connectivity index (χ2n) is 8.38. The van der Waals surface area contributed by atoms with Gasteiger partial charge in [0.25, 0.3) is 0 Å². The van der Waals surface area contributed by atoms with Gasteiger partial charge in [0.1, 0.15) is 0 Å². The first kappa shape index (κ1) is 24.8. The van der Waals surface area contributed by atoms with Gasteiger partial charge < -0.3 is 4.98 Å². The van der Waals surface area contributed by atoms with Gasteiger partial charge in [0.15, 0.2) is 0 Å². The number of para-hydroxylation sites is 2. The zero-order chi connectivity index (χ0) is 23.9. The van der Waals surface area contributed by atoms with Gasteiger partial charge in [-0.1, -0.05) is 30.3 Å². The van der Waals surface area contributed by atoms with Gasteiger partial charge in [0.2, 0.25) is 0 Å². The van der Waals surface area contributed by atoms with E-state index in [9.17, 15) is 13.2 Å². The predicted octanol–water partition coefficient (Wildman–Crippen LogP) is 6.43. The minimum Gasteiger partial charge on any atom is -0.314 e. The number of benzene rings is 2. The molecule has 35 heavy (non-hydrogen) atoms. The normalized spacial score (nSPS) is 11.9. The molecule has 0 spiro atoms. The van der Waals surface area contributed by atoms with Crippen LogP contribution in [0.4, 0.5) is 13.2 Å². The summed E-state index contributed by atoms with van der Waals surface area (Å²) in [5, 5.41) is 5.89. The van der Waals surface area contributed by atoms with Crippen molar-refractivity contribution in [1.29, 1.82) is 0 Å². The van der Waals surface area contributed by atoms with Crippen molar-refractivity contribution >= 4 is 10.9 Å². The van der Waals surface area contributed by atoms with Crippen LogP contribution >= 0.6 is 0 Å². The van der Waals surface area contributed by atoms with Crippen molar-refractivity contribution in [2.24, 2.45) is 0 Å². The van der Waals surface area contributed by atoms with E-state index in [1.54, 1.807) is 12.1 Å². The summed E-state index contributed by atoms with van der Waals surface area (Å²) in [5.74, 6) is 0. The van der Waals surface area contributed by atoms with Crippen LogP contribution in [-0.2, 0) is 32.7 Å². The van der Waals surface area contributed by atoms with Crippen LogP contribution in [-0.4, -0.2) is 19.7 Å². The van der Waals surface area contributed by atoms with Crippen LogP contribution in [0.25, 0.3) is 28.0 Å². The molecular formula is C27H19F3N4Pt. The number of aromatic nitrogens is 4. The van der Waals surface area contributed by atoms with Crippen LogP contribution in [0.5, 0.6) is 0 Å². The van der Waals surface area contributed by atoms with E-state index < -0.39 is 17.3 Å². The molecule has 3 aromatic heterocycles. The van der Waals surface area contributed by atoms with Crippen molar-refractivity contribution in [1.82, 2.24) is 19.7 Å². The van der Waals surface area contributed by atoms with E-state index in [2.05, 4.69) is 22.1 Å². The first-order chi connectivity index (χ1) is 16.2. The Balaban J connectivity index is 0.00000289. The third-order valence-electron chi connectivity index (χ3n) is 5.72. The van der Waals surface area contributed by atoms with Crippen LogP contribution in [0.2, 0.25) is 0 Å². The van der Waals surface area contributed by atoms with Gasteiger partial charge >= 0.3 is 27.2 Å². The van der Waals surface area contributed by atoms with Crippen LogP contribution in [0.1, 0.15) is 30.9 Å². The molecule has 0 aliphatic carbocycles. The fraction of sp³-hybridized carbons (Fsp3) is 0.148. The van der Waals surface area contributed by atoms with Crippen molar-refractivity contribution in [3.05, 3.63) is 108 Å². The number of hydrogen-bond donors (Lipinski definition) is 0.